The summed E-state index contributed by atoms with van der Waals surface area (Å²) in [4.78, 5) is 3.47. The molecule has 10 heavy (non-hydrogen) atoms. The molecule has 0 fully saturated rings. The van der Waals surface area contributed by atoms with Crippen LogP contribution in [0.25, 0.3) is 0 Å². The molecule has 0 saturated carbocycles. The van der Waals surface area contributed by atoms with Crippen molar-refractivity contribution in [3.63, 3.8) is 0 Å². The summed E-state index contributed by atoms with van der Waals surface area (Å²) in [7, 11) is 0. The van der Waals surface area contributed by atoms with Gasteiger partial charge >= 0.3 is 0 Å². The van der Waals surface area contributed by atoms with Crippen molar-refractivity contribution in [2.45, 2.75) is 5.88 Å². The first-order chi connectivity index (χ1) is 4.72. The van der Waals surface area contributed by atoms with Gasteiger partial charge < -0.3 is 0 Å². The second kappa shape index (κ2) is 3.17. The summed E-state index contributed by atoms with van der Waals surface area (Å²) in [6.45, 7) is 0. The smallest absolute Gasteiger partial charge is 0.214 e. The molecule has 0 saturated heterocycles. The van der Waals surface area contributed by atoms with Gasteiger partial charge in [0.05, 0.1) is 11.6 Å². The van der Waals surface area contributed by atoms with Gasteiger partial charge in [0.15, 0.2) is 0 Å². The molecular formula is C6H4Cl2FN. The fourth-order valence-electron chi connectivity index (χ4n) is 0.585. The second-order valence-electron chi connectivity index (χ2n) is 1.73. The molecule has 0 radical (unpaired) electrons. The Morgan fingerprint density at radius 2 is 2.20 bits per heavy atom. The maximum Gasteiger partial charge on any atom is 0.214 e. The van der Waals surface area contributed by atoms with Crippen LogP contribution in [0.4, 0.5) is 4.39 Å². The van der Waals surface area contributed by atoms with E-state index in [1.165, 1.54) is 6.07 Å². The topological polar surface area (TPSA) is 12.9 Å². The predicted octanol–water partition coefficient (Wildman–Crippen LogP) is 2.61. The Balaban J connectivity index is 3.06. The summed E-state index contributed by atoms with van der Waals surface area (Å²) in [5.41, 5.74) is 0.451. The van der Waals surface area contributed by atoms with Crippen molar-refractivity contribution in [2.24, 2.45) is 0 Å². The molecule has 0 aliphatic carbocycles. The number of nitrogens with zero attached hydrogens (tertiary/aromatic N) is 1. The highest BCUT2D eigenvalue weighted by molar-refractivity contribution is 6.30. The molecule has 1 aromatic heterocycles. The van der Waals surface area contributed by atoms with Gasteiger partial charge in [-0.1, -0.05) is 11.6 Å². The van der Waals surface area contributed by atoms with Crippen molar-refractivity contribution in [3.05, 3.63) is 28.8 Å². The summed E-state index contributed by atoms with van der Waals surface area (Å²) in [6.07, 6.45) is 0. The average molecular weight is 180 g/mol. The van der Waals surface area contributed by atoms with Gasteiger partial charge in [0.1, 0.15) is 0 Å². The van der Waals surface area contributed by atoms with Gasteiger partial charge in [-0.15, -0.1) is 11.6 Å². The Morgan fingerprint density at radius 3 is 2.70 bits per heavy atom. The summed E-state index contributed by atoms with van der Waals surface area (Å²) in [5.74, 6) is -0.416. The molecule has 0 unspecified atom stereocenters. The monoisotopic (exact) mass is 179 g/mol. The fourth-order valence-corrected chi connectivity index (χ4v) is 0.938. The molecule has 1 aromatic rings. The number of alkyl halides is 1. The van der Waals surface area contributed by atoms with Gasteiger partial charge in [0.2, 0.25) is 5.95 Å². The lowest BCUT2D eigenvalue weighted by atomic mass is 10.4. The molecule has 0 aliphatic rings. The molecule has 1 nitrogen and oxygen atoms in total. The third-order valence-electron chi connectivity index (χ3n) is 0.949. The molecule has 0 atom stereocenters. The van der Waals surface area contributed by atoms with Crippen LogP contribution in [-0.2, 0) is 5.88 Å². The molecule has 0 aromatic carbocycles. The van der Waals surface area contributed by atoms with Crippen LogP contribution in [0, 0.1) is 5.95 Å². The first kappa shape index (κ1) is 7.76. The Morgan fingerprint density at radius 1 is 1.50 bits per heavy atom. The van der Waals surface area contributed by atoms with E-state index in [2.05, 4.69) is 4.98 Å². The molecule has 1 rings (SSSR count). The molecule has 0 spiro atoms. The molecule has 0 amide bonds. The molecule has 4 heteroatoms. The van der Waals surface area contributed by atoms with Crippen LogP contribution in [0.3, 0.4) is 0 Å². The zero-order valence-electron chi connectivity index (χ0n) is 4.94. The Bertz CT molecular complexity index is 219. The number of hydrogen-bond acceptors (Lipinski definition) is 1. The number of aromatic nitrogens is 1. The zero-order chi connectivity index (χ0) is 7.56. The Labute approximate surface area is 67.8 Å². The fraction of sp³-hybridized carbons (Fsp3) is 0.167. The number of hydrogen-bond donors (Lipinski definition) is 0. The third kappa shape index (κ3) is 1.82. The molecule has 0 aliphatic heterocycles. The third-order valence-corrected chi connectivity index (χ3v) is 1.44. The molecule has 0 N–H and O–H groups in total. The molecular weight excluding hydrogens is 176 g/mol. The minimum absolute atomic E-state index is 0.178. The van der Waals surface area contributed by atoms with Crippen LogP contribution < -0.4 is 0 Å². The van der Waals surface area contributed by atoms with Crippen LogP contribution in [0.1, 0.15) is 5.69 Å². The second-order valence-corrected chi connectivity index (χ2v) is 2.44. The van der Waals surface area contributed by atoms with Crippen LogP contribution in [0.15, 0.2) is 12.1 Å². The van der Waals surface area contributed by atoms with Crippen LogP contribution in [0.5, 0.6) is 0 Å². The van der Waals surface area contributed by atoms with Crippen molar-refractivity contribution >= 4 is 23.2 Å². The first-order valence-electron chi connectivity index (χ1n) is 2.60. The number of halogens is 3. The van der Waals surface area contributed by atoms with Crippen LogP contribution in [0.2, 0.25) is 5.02 Å². The summed E-state index contributed by atoms with van der Waals surface area (Å²) in [5, 5.41) is 0.322. The quantitative estimate of drug-likeness (QED) is 0.478. The summed E-state index contributed by atoms with van der Waals surface area (Å²) < 4.78 is 12.4. The standard InChI is InChI=1S/C6H4Cl2FN/c7-3-5-1-4(8)2-6(9)10-5/h1-2H,3H2. The minimum Gasteiger partial charge on any atom is -0.223 e. The van der Waals surface area contributed by atoms with E-state index in [-0.39, 0.29) is 5.88 Å². The van der Waals surface area contributed by atoms with E-state index in [0.29, 0.717) is 10.7 Å². The van der Waals surface area contributed by atoms with Gasteiger partial charge in [-0.05, 0) is 6.07 Å². The van der Waals surface area contributed by atoms with Crippen molar-refractivity contribution < 1.29 is 4.39 Å². The summed E-state index contributed by atoms with van der Waals surface area (Å²) in [6, 6.07) is 2.66. The lowest BCUT2D eigenvalue weighted by Crippen LogP contribution is -1.88. The lowest BCUT2D eigenvalue weighted by molar-refractivity contribution is 0.579. The highest BCUT2D eigenvalue weighted by Gasteiger charge is 1.97. The predicted molar refractivity (Wildman–Crippen MR) is 38.8 cm³/mol. The van der Waals surface area contributed by atoms with E-state index in [0.717, 1.165) is 6.07 Å². The number of pyridine rings is 1. The van der Waals surface area contributed by atoms with E-state index in [4.69, 9.17) is 23.2 Å². The van der Waals surface area contributed by atoms with Gasteiger partial charge in [-0.2, -0.15) is 4.39 Å². The maximum atomic E-state index is 12.4. The van der Waals surface area contributed by atoms with Crippen molar-refractivity contribution in [1.82, 2.24) is 4.98 Å². The van der Waals surface area contributed by atoms with E-state index in [1.54, 1.807) is 0 Å². The van der Waals surface area contributed by atoms with E-state index in [9.17, 15) is 4.39 Å². The average Bonchev–Trinajstić information content (AvgIpc) is 1.85. The minimum atomic E-state index is -0.594. The largest absolute Gasteiger partial charge is 0.223 e. The van der Waals surface area contributed by atoms with Crippen molar-refractivity contribution in [1.29, 1.82) is 0 Å². The SMILES string of the molecule is Fc1cc(Cl)cc(CCl)n1. The van der Waals surface area contributed by atoms with Gasteiger partial charge in [0.25, 0.3) is 0 Å². The Hall–Kier alpha value is -0.340. The van der Waals surface area contributed by atoms with E-state index >= 15 is 0 Å². The first-order valence-corrected chi connectivity index (χ1v) is 3.51. The highest BCUT2D eigenvalue weighted by Crippen LogP contribution is 2.11. The van der Waals surface area contributed by atoms with E-state index < -0.39 is 5.95 Å². The van der Waals surface area contributed by atoms with Crippen LogP contribution in [-0.4, -0.2) is 4.98 Å². The van der Waals surface area contributed by atoms with Gasteiger partial charge in [-0.3, -0.25) is 0 Å². The maximum absolute atomic E-state index is 12.4. The lowest BCUT2D eigenvalue weighted by Gasteiger charge is -1.94. The number of rotatable bonds is 1. The molecule has 1 heterocycles. The van der Waals surface area contributed by atoms with Gasteiger partial charge in [-0.25, -0.2) is 4.98 Å². The highest BCUT2D eigenvalue weighted by atomic mass is 35.5. The Kier molecular flexibility index (Phi) is 2.46. The van der Waals surface area contributed by atoms with Crippen LogP contribution >= 0.6 is 23.2 Å². The molecule has 54 valence electrons. The van der Waals surface area contributed by atoms with E-state index in [1.807, 2.05) is 0 Å². The van der Waals surface area contributed by atoms with Gasteiger partial charge in [0, 0.05) is 11.1 Å². The molecule has 0 bridgehead atoms. The van der Waals surface area contributed by atoms with Crippen molar-refractivity contribution in [2.75, 3.05) is 0 Å². The normalized spacial score (nSPS) is 9.90. The zero-order valence-corrected chi connectivity index (χ0v) is 6.45. The summed E-state index contributed by atoms with van der Waals surface area (Å²) >= 11 is 10.9. The van der Waals surface area contributed by atoms with Crippen molar-refractivity contribution in [3.8, 4) is 0 Å².